The number of ether oxygens (including phenoxy) is 1. The second-order valence-electron chi connectivity index (χ2n) is 6.97. The lowest BCUT2D eigenvalue weighted by Crippen LogP contribution is -2.39. The summed E-state index contributed by atoms with van der Waals surface area (Å²) >= 11 is 0. The van der Waals surface area contributed by atoms with E-state index in [1.807, 2.05) is 44.2 Å². The maximum absolute atomic E-state index is 13.4. The molecule has 9 heteroatoms. The summed E-state index contributed by atoms with van der Waals surface area (Å²) in [5.74, 6) is -0.150. The van der Waals surface area contributed by atoms with E-state index < -0.39 is 22.1 Å². The fraction of sp³-hybridized carbons (Fsp3) is 0.474. The van der Waals surface area contributed by atoms with E-state index in [9.17, 15) is 17.1 Å². The number of nitrogens with zero attached hydrogens (tertiary/aromatic N) is 3. The topological polar surface area (TPSA) is 81.5 Å². The van der Waals surface area contributed by atoms with Gasteiger partial charge in [-0.05, 0) is 17.9 Å². The molecule has 1 aliphatic rings. The van der Waals surface area contributed by atoms with Crippen LogP contribution in [-0.2, 0) is 40.4 Å². The van der Waals surface area contributed by atoms with Crippen LogP contribution >= 0.6 is 0 Å². The van der Waals surface area contributed by atoms with Crippen LogP contribution in [0.3, 0.4) is 0 Å². The first kappa shape index (κ1) is 20.3. The largest absolute Gasteiger partial charge is 0.445 e. The van der Waals surface area contributed by atoms with Crippen LogP contribution in [0.1, 0.15) is 49.0 Å². The quantitative estimate of drug-likeness (QED) is 0.684. The molecule has 0 radical (unpaired) electrons. The maximum Gasteiger partial charge on any atom is 0.410 e. The molecule has 2 heterocycles. The molecule has 7 nitrogen and oxygen atoms in total. The SMILES string of the molecule is CCC(C)c1nc2n(c1CS(=O)(=O)F)CCN(C(=O)OCc1ccccc1)C2. The molecule has 3 rings (SSSR count). The monoisotopic (exact) mass is 409 g/mol. The third-order valence-corrected chi connectivity index (χ3v) is 5.58. The number of aromatic nitrogens is 2. The van der Waals surface area contributed by atoms with E-state index in [2.05, 4.69) is 4.98 Å². The molecule has 1 atom stereocenters. The first-order valence-electron chi connectivity index (χ1n) is 9.24. The Morgan fingerprint density at radius 1 is 1.29 bits per heavy atom. The summed E-state index contributed by atoms with van der Waals surface area (Å²) in [7, 11) is -4.68. The van der Waals surface area contributed by atoms with Crippen molar-refractivity contribution in [2.75, 3.05) is 6.54 Å². The number of benzene rings is 1. The van der Waals surface area contributed by atoms with Gasteiger partial charge in [-0.2, -0.15) is 8.42 Å². The van der Waals surface area contributed by atoms with E-state index in [-0.39, 0.29) is 19.1 Å². The first-order valence-corrected chi connectivity index (χ1v) is 10.8. The summed E-state index contributed by atoms with van der Waals surface area (Å²) in [6, 6.07) is 9.38. The van der Waals surface area contributed by atoms with Gasteiger partial charge in [0, 0.05) is 13.1 Å². The van der Waals surface area contributed by atoms with Crippen LogP contribution in [0.15, 0.2) is 30.3 Å². The van der Waals surface area contributed by atoms with Crippen LogP contribution in [0.25, 0.3) is 0 Å². The van der Waals surface area contributed by atoms with Gasteiger partial charge in [0.05, 0.1) is 17.9 Å². The summed E-state index contributed by atoms with van der Waals surface area (Å²) in [5.41, 5.74) is 1.85. The fourth-order valence-corrected chi connectivity index (χ4v) is 3.91. The van der Waals surface area contributed by atoms with Crippen molar-refractivity contribution >= 4 is 16.3 Å². The minimum atomic E-state index is -4.68. The van der Waals surface area contributed by atoms with Crippen molar-refractivity contribution in [1.29, 1.82) is 0 Å². The van der Waals surface area contributed by atoms with Crippen LogP contribution < -0.4 is 0 Å². The molecule has 0 aliphatic carbocycles. The molecular weight excluding hydrogens is 385 g/mol. The predicted molar refractivity (Wildman–Crippen MR) is 102 cm³/mol. The molecule has 0 bridgehead atoms. The van der Waals surface area contributed by atoms with Crippen molar-refractivity contribution in [3.8, 4) is 0 Å². The number of fused-ring (bicyclic) bond motifs is 1. The van der Waals surface area contributed by atoms with Gasteiger partial charge >= 0.3 is 16.3 Å². The maximum atomic E-state index is 13.4. The van der Waals surface area contributed by atoms with Crippen LogP contribution in [0.2, 0.25) is 0 Å². The molecule has 0 N–H and O–H groups in total. The minimum Gasteiger partial charge on any atom is -0.445 e. The summed E-state index contributed by atoms with van der Waals surface area (Å²) in [4.78, 5) is 18.5. The number of carbonyl (C=O) groups excluding carboxylic acids is 1. The Morgan fingerprint density at radius 3 is 2.64 bits per heavy atom. The molecule has 1 amide bonds. The number of carbonyl (C=O) groups is 1. The molecule has 1 aliphatic heterocycles. The second kappa shape index (κ2) is 8.30. The molecule has 28 heavy (non-hydrogen) atoms. The number of imidazole rings is 1. The van der Waals surface area contributed by atoms with Crippen molar-refractivity contribution in [3.05, 3.63) is 53.1 Å². The number of amides is 1. The van der Waals surface area contributed by atoms with Crippen LogP contribution in [0.5, 0.6) is 0 Å². The average Bonchev–Trinajstić information content (AvgIpc) is 3.02. The molecule has 1 unspecified atom stereocenters. The standard InChI is InChI=1S/C19H24FN3O4S/c1-3-14(2)18-16(13-28(20,25)26)23-10-9-22(11-17(23)21-18)19(24)27-12-15-7-5-4-6-8-15/h4-8,14H,3,9-13H2,1-2H3. The van der Waals surface area contributed by atoms with Gasteiger partial charge < -0.3 is 9.30 Å². The van der Waals surface area contributed by atoms with Crippen molar-refractivity contribution < 1.29 is 21.8 Å². The van der Waals surface area contributed by atoms with Gasteiger partial charge in [0.1, 0.15) is 18.2 Å². The van der Waals surface area contributed by atoms with E-state index in [1.54, 1.807) is 4.57 Å². The zero-order valence-corrected chi connectivity index (χ0v) is 16.8. The van der Waals surface area contributed by atoms with Gasteiger partial charge in [-0.3, -0.25) is 4.90 Å². The Balaban J connectivity index is 1.76. The zero-order chi connectivity index (χ0) is 20.3. The number of hydrogen-bond acceptors (Lipinski definition) is 5. The van der Waals surface area contributed by atoms with E-state index in [4.69, 9.17) is 4.74 Å². The summed E-state index contributed by atoms with van der Waals surface area (Å²) in [6.07, 6.45) is 0.293. The summed E-state index contributed by atoms with van der Waals surface area (Å²) in [5, 5.41) is 0. The lowest BCUT2D eigenvalue weighted by molar-refractivity contribution is 0.0860. The lowest BCUT2D eigenvalue weighted by atomic mass is 10.0. The number of hydrogen-bond donors (Lipinski definition) is 0. The second-order valence-corrected chi connectivity index (χ2v) is 8.33. The normalized spacial score (nSPS) is 15.2. The summed E-state index contributed by atoms with van der Waals surface area (Å²) in [6.45, 7) is 4.95. The van der Waals surface area contributed by atoms with Crippen LogP contribution in [0, 0.1) is 0 Å². The Hall–Kier alpha value is -2.42. The molecule has 152 valence electrons. The van der Waals surface area contributed by atoms with Crippen LogP contribution in [0.4, 0.5) is 8.68 Å². The molecule has 0 saturated carbocycles. The zero-order valence-electron chi connectivity index (χ0n) is 16.0. The van der Waals surface area contributed by atoms with Gasteiger partial charge in [0.15, 0.2) is 0 Å². The van der Waals surface area contributed by atoms with Gasteiger partial charge in [-0.25, -0.2) is 9.78 Å². The highest BCUT2D eigenvalue weighted by Crippen LogP contribution is 2.28. The van der Waals surface area contributed by atoms with Gasteiger partial charge in [-0.1, -0.05) is 44.2 Å². The van der Waals surface area contributed by atoms with E-state index >= 15 is 0 Å². The van der Waals surface area contributed by atoms with Gasteiger partial charge in [-0.15, -0.1) is 3.89 Å². The molecule has 0 saturated heterocycles. The van der Waals surface area contributed by atoms with Gasteiger partial charge in [0.25, 0.3) is 0 Å². The average molecular weight is 409 g/mol. The lowest BCUT2D eigenvalue weighted by Gasteiger charge is -2.27. The van der Waals surface area contributed by atoms with E-state index in [0.29, 0.717) is 30.3 Å². The first-order chi connectivity index (χ1) is 13.3. The third-order valence-electron chi connectivity index (χ3n) is 4.96. The highest BCUT2D eigenvalue weighted by Gasteiger charge is 2.30. The highest BCUT2D eigenvalue weighted by molar-refractivity contribution is 7.85. The smallest absolute Gasteiger partial charge is 0.410 e. The molecule has 0 fully saturated rings. The molecular formula is C19H24FN3O4S. The van der Waals surface area contributed by atoms with Crippen LogP contribution in [-0.4, -0.2) is 35.5 Å². The van der Waals surface area contributed by atoms with E-state index in [1.165, 1.54) is 4.90 Å². The van der Waals surface area contributed by atoms with Crippen molar-refractivity contribution in [1.82, 2.24) is 14.5 Å². The van der Waals surface area contributed by atoms with Gasteiger partial charge in [0.2, 0.25) is 0 Å². The van der Waals surface area contributed by atoms with Crippen molar-refractivity contribution in [2.24, 2.45) is 0 Å². The van der Waals surface area contributed by atoms with E-state index in [0.717, 1.165) is 12.0 Å². The Labute approximate surface area is 164 Å². The Bertz CT molecular complexity index is 944. The predicted octanol–water partition coefficient (Wildman–Crippen LogP) is 3.35. The molecule has 0 spiro atoms. The van der Waals surface area contributed by atoms with Crippen molar-refractivity contribution in [2.45, 2.75) is 51.6 Å². The van der Waals surface area contributed by atoms with Crippen molar-refractivity contribution in [3.63, 3.8) is 0 Å². The fourth-order valence-electron chi connectivity index (χ4n) is 3.28. The molecule has 1 aromatic carbocycles. The molecule has 2 aromatic rings. The third kappa shape index (κ3) is 4.70. The Morgan fingerprint density at radius 2 is 2.00 bits per heavy atom. The number of rotatable bonds is 6. The minimum absolute atomic E-state index is 0.00617. The Kier molecular flexibility index (Phi) is 6.02. The number of halogens is 1. The highest BCUT2D eigenvalue weighted by atomic mass is 32.3. The molecule has 1 aromatic heterocycles. The summed E-state index contributed by atoms with van der Waals surface area (Å²) < 4.78 is 43.0.